The van der Waals surface area contributed by atoms with E-state index in [-0.39, 0.29) is 16.9 Å². The van der Waals surface area contributed by atoms with Crippen LogP contribution < -0.4 is 16.6 Å². The molecule has 150 valence electrons. The number of nitrogens with zero attached hydrogens (tertiary/aromatic N) is 4. The molecule has 0 unspecified atom stereocenters. The van der Waals surface area contributed by atoms with Gasteiger partial charge in [-0.3, -0.25) is 18.7 Å². The summed E-state index contributed by atoms with van der Waals surface area (Å²) >= 11 is 0. The first kappa shape index (κ1) is 18.9. The van der Waals surface area contributed by atoms with Gasteiger partial charge >= 0.3 is 5.69 Å². The van der Waals surface area contributed by atoms with E-state index in [1.54, 1.807) is 18.0 Å². The van der Waals surface area contributed by atoms with Crippen LogP contribution in [0.15, 0.2) is 52.2 Å². The molecular formula is C21H23N5O3. The molecule has 1 saturated heterocycles. The zero-order valence-electron chi connectivity index (χ0n) is 16.5. The third-order valence-corrected chi connectivity index (χ3v) is 5.47. The highest BCUT2D eigenvalue weighted by atomic mass is 16.2. The van der Waals surface area contributed by atoms with Crippen molar-refractivity contribution in [3.05, 3.63) is 69.0 Å². The molecule has 1 aromatic carbocycles. The fourth-order valence-electron chi connectivity index (χ4n) is 3.76. The first-order valence-corrected chi connectivity index (χ1v) is 9.62. The van der Waals surface area contributed by atoms with Gasteiger partial charge in [0.05, 0.1) is 10.9 Å². The largest absolute Gasteiger partial charge is 0.382 e. The van der Waals surface area contributed by atoms with E-state index < -0.39 is 11.2 Å². The first-order valence-electron chi connectivity index (χ1n) is 9.62. The normalized spacial score (nSPS) is 14.9. The van der Waals surface area contributed by atoms with Gasteiger partial charge in [0.1, 0.15) is 5.65 Å². The van der Waals surface area contributed by atoms with Gasteiger partial charge < -0.3 is 10.2 Å². The van der Waals surface area contributed by atoms with Gasteiger partial charge in [0.25, 0.3) is 11.5 Å². The van der Waals surface area contributed by atoms with Crippen molar-refractivity contribution in [1.29, 1.82) is 0 Å². The SMILES string of the molecule is Cn1c(=O)c2cc(C(=O)N3CCC(Nc4ccccc4)CC3)cnc2n(C)c1=O. The molecule has 8 nitrogen and oxygen atoms in total. The van der Waals surface area contributed by atoms with Crippen LogP contribution >= 0.6 is 0 Å². The Morgan fingerprint density at radius 2 is 1.76 bits per heavy atom. The molecule has 1 amide bonds. The van der Waals surface area contributed by atoms with Crippen molar-refractivity contribution < 1.29 is 4.79 Å². The maximum atomic E-state index is 12.9. The van der Waals surface area contributed by atoms with E-state index >= 15 is 0 Å². The summed E-state index contributed by atoms with van der Waals surface area (Å²) in [4.78, 5) is 43.4. The Morgan fingerprint density at radius 3 is 2.45 bits per heavy atom. The molecule has 0 spiro atoms. The summed E-state index contributed by atoms with van der Waals surface area (Å²) in [5.74, 6) is -0.145. The lowest BCUT2D eigenvalue weighted by Crippen LogP contribution is -2.42. The zero-order valence-corrected chi connectivity index (χ0v) is 16.5. The minimum absolute atomic E-state index is 0.145. The van der Waals surface area contributed by atoms with E-state index in [4.69, 9.17) is 0 Å². The number of aromatic nitrogens is 3. The molecule has 1 fully saturated rings. The maximum Gasteiger partial charge on any atom is 0.332 e. The summed E-state index contributed by atoms with van der Waals surface area (Å²) in [5, 5.41) is 3.77. The van der Waals surface area contributed by atoms with Crippen LogP contribution in [0, 0.1) is 0 Å². The van der Waals surface area contributed by atoms with E-state index in [0.29, 0.717) is 24.7 Å². The number of pyridine rings is 1. The number of amides is 1. The molecule has 4 rings (SSSR count). The molecule has 2 aromatic heterocycles. The van der Waals surface area contributed by atoms with Gasteiger partial charge in [0.2, 0.25) is 0 Å². The summed E-state index contributed by atoms with van der Waals surface area (Å²) in [6.45, 7) is 1.26. The van der Waals surface area contributed by atoms with Crippen LogP contribution in [0.25, 0.3) is 11.0 Å². The lowest BCUT2D eigenvalue weighted by molar-refractivity contribution is 0.0718. The van der Waals surface area contributed by atoms with Crippen molar-refractivity contribution in [3.8, 4) is 0 Å². The van der Waals surface area contributed by atoms with Crippen molar-refractivity contribution in [2.45, 2.75) is 18.9 Å². The molecule has 1 aliphatic heterocycles. The molecule has 3 heterocycles. The number of likely N-dealkylation sites (tertiary alicyclic amines) is 1. The lowest BCUT2D eigenvalue weighted by Gasteiger charge is -2.33. The summed E-state index contributed by atoms with van der Waals surface area (Å²) in [6.07, 6.45) is 3.13. The van der Waals surface area contributed by atoms with E-state index in [2.05, 4.69) is 10.3 Å². The number of anilines is 1. The van der Waals surface area contributed by atoms with Gasteiger partial charge in [-0.05, 0) is 31.0 Å². The number of aryl methyl sites for hydroxylation is 1. The van der Waals surface area contributed by atoms with E-state index in [1.807, 2.05) is 30.3 Å². The predicted molar refractivity (Wildman–Crippen MR) is 111 cm³/mol. The molecule has 3 aromatic rings. The Hall–Kier alpha value is -3.42. The van der Waals surface area contributed by atoms with E-state index in [1.165, 1.54) is 17.8 Å². The molecule has 0 aliphatic carbocycles. The highest BCUT2D eigenvalue weighted by Gasteiger charge is 2.24. The predicted octanol–water partition coefficient (Wildman–Crippen LogP) is 1.35. The number of benzene rings is 1. The van der Waals surface area contributed by atoms with Crippen LogP contribution in [0.4, 0.5) is 5.69 Å². The topological polar surface area (TPSA) is 89.2 Å². The molecule has 1 N–H and O–H groups in total. The van der Waals surface area contributed by atoms with Crippen molar-refractivity contribution >= 4 is 22.6 Å². The molecule has 0 saturated carbocycles. The fraction of sp³-hybridized carbons (Fsp3) is 0.333. The van der Waals surface area contributed by atoms with Crippen LogP contribution in [0.5, 0.6) is 0 Å². The molecular weight excluding hydrogens is 370 g/mol. The standard InChI is InChI=1S/C21H23N5O3/c1-24-18-17(20(28)25(2)21(24)29)12-14(13-22-18)19(27)26-10-8-16(9-11-26)23-15-6-4-3-5-7-15/h3-7,12-13,16,23H,8-11H2,1-2H3. The molecule has 1 aliphatic rings. The number of para-hydroxylation sites is 1. The average molecular weight is 393 g/mol. The number of hydrogen-bond acceptors (Lipinski definition) is 5. The average Bonchev–Trinajstić information content (AvgIpc) is 2.76. The number of carbonyl (C=O) groups is 1. The minimum Gasteiger partial charge on any atom is -0.382 e. The zero-order chi connectivity index (χ0) is 20.5. The summed E-state index contributed by atoms with van der Waals surface area (Å²) in [6, 6.07) is 11.9. The number of nitrogens with one attached hydrogen (secondary N) is 1. The Bertz CT molecular complexity index is 1170. The van der Waals surface area contributed by atoms with Crippen LogP contribution in [0.1, 0.15) is 23.2 Å². The van der Waals surface area contributed by atoms with Crippen molar-refractivity contribution in [3.63, 3.8) is 0 Å². The quantitative estimate of drug-likeness (QED) is 0.726. The van der Waals surface area contributed by atoms with E-state index in [0.717, 1.165) is 23.1 Å². The summed E-state index contributed by atoms with van der Waals surface area (Å²) in [5.41, 5.74) is 0.832. The highest BCUT2D eigenvalue weighted by molar-refractivity contribution is 5.96. The lowest BCUT2D eigenvalue weighted by atomic mass is 10.0. The van der Waals surface area contributed by atoms with Crippen molar-refractivity contribution in [1.82, 2.24) is 19.0 Å². The van der Waals surface area contributed by atoms with Gasteiger partial charge in [-0.15, -0.1) is 0 Å². The van der Waals surface area contributed by atoms with Crippen molar-refractivity contribution in [2.75, 3.05) is 18.4 Å². The van der Waals surface area contributed by atoms with Gasteiger partial charge in [0.15, 0.2) is 0 Å². The third kappa shape index (κ3) is 3.53. The van der Waals surface area contributed by atoms with Crippen LogP contribution in [0.3, 0.4) is 0 Å². The van der Waals surface area contributed by atoms with E-state index in [9.17, 15) is 14.4 Å². The maximum absolute atomic E-state index is 12.9. The van der Waals surface area contributed by atoms with Gasteiger partial charge in [-0.25, -0.2) is 9.78 Å². The van der Waals surface area contributed by atoms with Crippen LogP contribution in [-0.4, -0.2) is 44.1 Å². The molecule has 29 heavy (non-hydrogen) atoms. The summed E-state index contributed by atoms with van der Waals surface area (Å²) < 4.78 is 2.34. The second kappa shape index (κ2) is 7.54. The van der Waals surface area contributed by atoms with Gasteiger partial charge in [-0.1, -0.05) is 18.2 Å². The second-order valence-electron chi connectivity index (χ2n) is 7.38. The Balaban J connectivity index is 1.51. The fourth-order valence-corrected chi connectivity index (χ4v) is 3.76. The minimum atomic E-state index is -0.448. The molecule has 0 bridgehead atoms. The first-order chi connectivity index (χ1) is 14.0. The molecule has 8 heteroatoms. The van der Waals surface area contributed by atoms with Crippen molar-refractivity contribution in [2.24, 2.45) is 14.1 Å². The molecule has 0 atom stereocenters. The Kier molecular flexibility index (Phi) is 4.92. The highest BCUT2D eigenvalue weighted by Crippen LogP contribution is 2.18. The van der Waals surface area contributed by atoms with Crippen LogP contribution in [-0.2, 0) is 14.1 Å². The monoisotopic (exact) mass is 393 g/mol. The Labute approximate surface area is 167 Å². The van der Waals surface area contributed by atoms with Crippen LogP contribution in [0.2, 0.25) is 0 Å². The second-order valence-corrected chi connectivity index (χ2v) is 7.38. The number of hydrogen-bond donors (Lipinski definition) is 1. The smallest absolute Gasteiger partial charge is 0.332 e. The number of piperidine rings is 1. The van der Waals surface area contributed by atoms with Gasteiger partial charge in [0, 0.05) is 45.1 Å². The molecule has 0 radical (unpaired) electrons. The Morgan fingerprint density at radius 1 is 1.07 bits per heavy atom. The number of carbonyl (C=O) groups excluding carboxylic acids is 1. The van der Waals surface area contributed by atoms with Gasteiger partial charge in [-0.2, -0.15) is 0 Å². The summed E-state index contributed by atoms with van der Waals surface area (Å²) in [7, 11) is 2.98. The number of fused-ring (bicyclic) bond motifs is 1. The third-order valence-electron chi connectivity index (χ3n) is 5.47. The number of rotatable bonds is 3.